The van der Waals surface area contributed by atoms with Crippen molar-refractivity contribution in [3.63, 3.8) is 0 Å². The van der Waals surface area contributed by atoms with Crippen LogP contribution in [0.3, 0.4) is 0 Å². The van der Waals surface area contributed by atoms with Gasteiger partial charge in [-0.15, -0.1) is 0 Å². The Morgan fingerprint density at radius 3 is 2.43 bits per heavy atom. The molecule has 0 spiro atoms. The Balaban J connectivity index is 2.82. The summed E-state index contributed by atoms with van der Waals surface area (Å²) in [4.78, 5) is 0. The number of hydrogen-bond donors (Lipinski definition) is 0. The SMILES string of the molecule is C=[C]([SnH3])CCCC. The van der Waals surface area contributed by atoms with Gasteiger partial charge in [-0.2, -0.15) is 0 Å². The molecule has 0 aromatic rings. The van der Waals surface area contributed by atoms with Gasteiger partial charge in [-0.05, 0) is 0 Å². The third kappa shape index (κ3) is 6.54. The molecule has 42 valence electrons. The molecule has 0 heterocycles. The summed E-state index contributed by atoms with van der Waals surface area (Å²) in [6.07, 6.45) is 3.97. The minimum atomic E-state index is 0.733. The first-order valence-electron chi connectivity index (χ1n) is 2.91. The van der Waals surface area contributed by atoms with Gasteiger partial charge in [0.2, 0.25) is 0 Å². The van der Waals surface area contributed by atoms with Gasteiger partial charge in [0.1, 0.15) is 0 Å². The first kappa shape index (κ1) is 7.54. The van der Waals surface area contributed by atoms with Crippen molar-refractivity contribution in [2.24, 2.45) is 0 Å². The minimum absolute atomic E-state index is 0.733. The number of allylic oxidation sites excluding steroid dienone is 1. The van der Waals surface area contributed by atoms with Gasteiger partial charge in [-0.25, -0.2) is 0 Å². The van der Waals surface area contributed by atoms with Gasteiger partial charge >= 0.3 is 58.9 Å². The maximum atomic E-state index is 3.89. The first-order chi connectivity index (χ1) is 3.27. The number of rotatable bonds is 3. The van der Waals surface area contributed by atoms with Crippen molar-refractivity contribution in [2.75, 3.05) is 0 Å². The van der Waals surface area contributed by atoms with E-state index in [1.54, 1.807) is 0 Å². The maximum absolute atomic E-state index is 3.89. The predicted molar refractivity (Wildman–Crippen MR) is 38.6 cm³/mol. The molecule has 0 N–H and O–H groups in total. The Morgan fingerprint density at radius 2 is 2.29 bits per heavy atom. The van der Waals surface area contributed by atoms with Crippen molar-refractivity contribution in [1.82, 2.24) is 0 Å². The zero-order valence-corrected chi connectivity index (χ0v) is 11.0. The second-order valence-electron chi connectivity index (χ2n) is 2.06. The fourth-order valence-electron chi connectivity index (χ4n) is 0.479. The summed E-state index contributed by atoms with van der Waals surface area (Å²) in [5.74, 6) is 0. The fraction of sp³-hybridized carbons (Fsp3) is 0.667. The molecule has 0 saturated carbocycles. The first-order valence-corrected chi connectivity index (χ1v) is 5.77. The summed E-state index contributed by atoms with van der Waals surface area (Å²) in [6.45, 7) is 6.11. The molecule has 0 nitrogen and oxygen atoms in total. The third-order valence-electron chi connectivity index (χ3n) is 0.957. The van der Waals surface area contributed by atoms with Crippen LogP contribution in [-0.4, -0.2) is 22.5 Å². The Labute approximate surface area is 59.1 Å². The van der Waals surface area contributed by atoms with Gasteiger partial charge < -0.3 is 0 Å². The van der Waals surface area contributed by atoms with E-state index in [0.29, 0.717) is 0 Å². The van der Waals surface area contributed by atoms with Gasteiger partial charge in [-0.3, -0.25) is 0 Å². The molecule has 0 atom stereocenters. The van der Waals surface area contributed by atoms with Crippen LogP contribution in [0.4, 0.5) is 0 Å². The van der Waals surface area contributed by atoms with Crippen LogP contribution in [0.2, 0.25) is 0 Å². The average molecular weight is 205 g/mol. The molecule has 0 aromatic carbocycles. The van der Waals surface area contributed by atoms with Gasteiger partial charge in [-0.1, -0.05) is 0 Å². The summed E-state index contributed by atoms with van der Waals surface area (Å²) in [7, 11) is 0. The van der Waals surface area contributed by atoms with Gasteiger partial charge in [0, 0.05) is 0 Å². The summed E-state index contributed by atoms with van der Waals surface area (Å²) < 4.78 is 1.52. The van der Waals surface area contributed by atoms with Crippen LogP contribution in [0.25, 0.3) is 0 Å². The van der Waals surface area contributed by atoms with Crippen molar-refractivity contribution in [3.8, 4) is 0 Å². The topological polar surface area (TPSA) is 0 Å². The van der Waals surface area contributed by atoms with E-state index in [9.17, 15) is 0 Å². The zero-order chi connectivity index (χ0) is 5.70. The monoisotopic (exact) mass is 206 g/mol. The van der Waals surface area contributed by atoms with Gasteiger partial charge in [0.15, 0.2) is 0 Å². The van der Waals surface area contributed by atoms with Crippen molar-refractivity contribution in [3.05, 3.63) is 10.2 Å². The van der Waals surface area contributed by atoms with Gasteiger partial charge in [0.05, 0.1) is 0 Å². The Kier molecular flexibility index (Phi) is 5.05. The molecule has 0 rings (SSSR count). The van der Waals surface area contributed by atoms with Crippen LogP contribution in [-0.2, 0) is 0 Å². The molecule has 1 heteroatoms. The van der Waals surface area contributed by atoms with Crippen LogP contribution >= 0.6 is 0 Å². The molecule has 0 radical (unpaired) electrons. The molecular formula is C6H14Sn. The van der Waals surface area contributed by atoms with Crippen LogP contribution < -0.4 is 0 Å². The second-order valence-corrected chi connectivity index (χ2v) is 6.10. The van der Waals surface area contributed by atoms with Crippen LogP contribution in [0, 0.1) is 0 Å². The normalized spacial score (nSPS) is 9.29. The third-order valence-corrected chi connectivity index (χ3v) is 2.38. The van der Waals surface area contributed by atoms with E-state index < -0.39 is 0 Å². The van der Waals surface area contributed by atoms with E-state index >= 15 is 0 Å². The molecule has 0 aromatic heterocycles. The molecule has 0 aliphatic rings. The summed E-state index contributed by atoms with van der Waals surface area (Å²) >= 11 is 0.733. The van der Waals surface area contributed by atoms with E-state index in [0.717, 1.165) is 22.5 Å². The average Bonchev–Trinajstić information content (AvgIpc) is 1.61. The molecule has 0 aliphatic heterocycles. The summed E-state index contributed by atoms with van der Waals surface area (Å²) in [5, 5.41) is 0. The van der Waals surface area contributed by atoms with Crippen LogP contribution in [0.15, 0.2) is 10.2 Å². The fourth-order valence-corrected chi connectivity index (χ4v) is 1.49. The summed E-state index contributed by atoms with van der Waals surface area (Å²) in [6, 6.07) is 0. The molecule has 0 saturated heterocycles. The zero-order valence-electron chi connectivity index (χ0n) is 5.33. The second kappa shape index (κ2) is 4.69. The number of hydrogen-bond acceptors (Lipinski definition) is 0. The number of unbranched alkanes of at least 4 members (excludes halogenated alkanes) is 1. The molecule has 0 unspecified atom stereocenters. The van der Waals surface area contributed by atoms with E-state index in [2.05, 4.69) is 13.5 Å². The van der Waals surface area contributed by atoms with Crippen LogP contribution in [0.5, 0.6) is 0 Å². The van der Waals surface area contributed by atoms with E-state index in [1.807, 2.05) is 0 Å². The van der Waals surface area contributed by atoms with E-state index in [-0.39, 0.29) is 0 Å². The molecule has 0 aliphatic carbocycles. The van der Waals surface area contributed by atoms with E-state index in [4.69, 9.17) is 0 Å². The molecule has 0 amide bonds. The quantitative estimate of drug-likeness (QED) is 0.604. The van der Waals surface area contributed by atoms with Crippen LogP contribution in [0.1, 0.15) is 26.2 Å². The van der Waals surface area contributed by atoms with Crippen molar-refractivity contribution < 1.29 is 0 Å². The molecule has 0 bridgehead atoms. The molecule has 7 heavy (non-hydrogen) atoms. The Hall–Kier alpha value is 0.539. The van der Waals surface area contributed by atoms with Crippen molar-refractivity contribution >= 4 is 22.5 Å². The van der Waals surface area contributed by atoms with E-state index in [1.165, 1.54) is 22.9 Å². The Bertz CT molecular complexity index is 57.2. The van der Waals surface area contributed by atoms with Gasteiger partial charge in [0.25, 0.3) is 0 Å². The Morgan fingerprint density at radius 1 is 1.71 bits per heavy atom. The summed E-state index contributed by atoms with van der Waals surface area (Å²) in [5.41, 5.74) is 0. The predicted octanol–water partition coefficient (Wildman–Crippen LogP) is 1.06. The van der Waals surface area contributed by atoms with Crippen molar-refractivity contribution in [2.45, 2.75) is 26.2 Å². The standard InChI is InChI=1S/C6H11.Sn.3H/c1-3-5-6-4-2;;;;/h1,4-6H2,2H3;;;;. The molecule has 0 fully saturated rings. The molecular weight excluding hydrogens is 191 g/mol. The van der Waals surface area contributed by atoms with Crippen molar-refractivity contribution in [1.29, 1.82) is 0 Å².